The molecule has 6 nitrogen and oxygen atoms in total. The molecule has 0 spiro atoms. The maximum absolute atomic E-state index is 12.7. The summed E-state index contributed by atoms with van der Waals surface area (Å²) in [4.78, 5) is 26.3. The Hall–Kier alpha value is -3.25. The van der Waals surface area contributed by atoms with Gasteiger partial charge in [0.1, 0.15) is 17.9 Å². The number of aryl methyl sites for hydroxylation is 1. The van der Waals surface area contributed by atoms with Crippen LogP contribution in [-0.4, -0.2) is 61.0 Å². The molecule has 0 saturated carbocycles. The van der Waals surface area contributed by atoms with Crippen LogP contribution in [0, 0.1) is 6.92 Å². The van der Waals surface area contributed by atoms with E-state index >= 15 is 0 Å². The Balaban J connectivity index is 1.36. The normalized spacial score (nSPS) is 14.3. The minimum Gasteiger partial charge on any atom is -0.497 e. The summed E-state index contributed by atoms with van der Waals surface area (Å²) in [5, 5.41) is 0. The van der Waals surface area contributed by atoms with Gasteiger partial charge in [0.25, 0.3) is 0 Å². The van der Waals surface area contributed by atoms with E-state index < -0.39 is 0 Å². The minimum absolute atomic E-state index is 0.132. The summed E-state index contributed by atoms with van der Waals surface area (Å²) in [6.45, 7) is 6.34. The number of methoxy groups -OCH3 is 1. The van der Waals surface area contributed by atoms with E-state index in [9.17, 15) is 4.79 Å². The number of hydrogen-bond donors (Lipinski definition) is 0. The van der Waals surface area contributed by atoms with Crippen LogP contribution in [0.15, 0.2) is 54.9 Å². The summed E-state index contributed by atoms with van der Waals surface area (Å²) in [5.41, 5.74) is 6.25. The van der Waals surface area contributed by atoms with Gasteiger partial charge in [-0.25, -0.2) is 9.97 Å². The van der Waals surface area contributed by atoms with Gasteiger partial charge in [-0.1, -0.05) is 18.2 Å². The second-order valence-corrected chi connectivity index (χ2v) is 8.82. The van der Waals surface area contributed by atoms with Crippen molar-refractivity contribution in [2.24, 2.45) is 0 Å². The molecule has 172 valence electrons. The van der Waals surface area contributed by atoms with Gasteiger partial charge in [-0.3, -0.25) is 4.79 Å². The van der Waals surface area contributed by atoms with E-state index in [0.29, 0.717) is 12.8 Å². The third-order valence-corrected chi connectivity index (χ3v) is 6.29. The summed E-state index contributed by atoms with van der Waals surface area (Å²) < 4.78 is 5.29. The highest BCUT2D eigenvalue weighted by atomic mass is 16.5. The first-order valence-corrected chi connectivity index (χ1v) is 11.5. The Labute approximate surface area is 196 Å². The minimum atomic E-state index is 0.132. The van der Waals surface area contributed by atoms with Gasteiger partial charge in [-0.2, -0.15) is 0 Å². The van der Waals surface area contributed by atoms with Crippen molar-refractivity contribution in [2.75, 3.05) is 45.2 Å². The molecule has 0 radical (unpaired) electrons. The number of carbonyl (C=O) groups is 1. The number of ketones is 1. The summed E-state index contributed by atoms with van der Waals surface area (Å²) >= 11 is 0. The van der Waals surface area contributed by atoms with Crippen LogP contribution in [0.4, 0.5) is 5.69 Å². The van der Waals surface area contributed by atoms with Crippen LogP contribution in [0.5, 0.6) is 5.75 Å². The van der Waals surface area contributed by atoms with Crippen molar-refractivity contribution in [1.29, 1.82) is 0 Å². The lowest BCUT2D eigenvalue weighted by Gasteiger charge is -2.34. The fraction of sp³-hybridized carbons (Fsp3) is 0.370. The molecule has 0 N–H and O–H groups in total. The molecular formula is C27H32N4O2. The van der Waals surface area contributed by atoms with Gasteiger partial charge in [0.2, 0.25) is 0 Å². The summed E-state index contributed by atoms with van der Waals surface area (Å²) in [5.74, 6) is 0.902. The molecule has 0 bridgehead atoms. The number of Topliss-reactive ketones (excluding diaryl/α,β-unsaturated/α-hetero) is 1. The fourth-order valence-corrected chi connectivity index (χ4v) is 4.18. The first-order valence-electron chi connectivity index (χ1n) is 11.5. The maximum atomic E-state index is 12.7. The Morgan fingerprint density at radius 1 is 0.939 bits per heavy atom. The first kappa shape index (κ1) is 22.9. The number of likely N-dealkylation sites (N-methyl/N-ethyl adjacent to an activating group) is 1. The number of hydrogen-bond acceptors (Lipinski definition) is 6. The van der Waals surface area contributed by atoms with Crippen LogP contribution in [0.3, 0.4) is 0 Å². The lowest BCUT2D eigenvalue weighted by Crippen LogP contribution is -2.44. The summed E-state index contributed by atoms with van der Waals surface area (Å²) in [7, 11) is 3.81. The Morgan fingerprint density at radius 2 is 1.67 bits per heavy atom. The van der Waals surface area contributed by atoms with E-state index in [4.69, 9.17) is 4.74 Å². The molecule has 0 unspecified atom stereocenters. The quantitative estimate of drug-likeness (QED) is 0.530. The first-order chi connectivity index (χ1) is 16.0. The number of benzene rings is 2. The zero-order chi connectivity index (χ0) is 23.2. The Kier molecular flexibility index (Phi) is 7.35. The molecule has 1 saturated heterocycles. The summed E-state index contributed by atoms with van der Waals surface area (Å²) in [6, 6.07) is 16.5. The van der Waals surface area contributed by atoms with Gasteiger partial charge < -0.3 is 14.5 Å². The van der Waals surface area contributed by atoms with Crippen molar-refractivity contribution >= 4 is 11.5 Å². The highest BCUT2D eigenvalue weighted by Crippen LogP contribution is 2.20. The highest BCUT2D eigenvalue weighted by molar-refractivity contribution is 5.83. The van der Waals surface area contributed by atoms with Crippen LogP contribution >= 0.6 is 0 Å². The molecule has 2 heterocycles. The van der Waals surface area contributed by atoms with E-state index in [1.54, 1.807) is 13.4 Å². The molecule has 3 aromatic rings. The van der Waals surface area contributed by atoms with E-state index in [1.807, 2.05) is 31.2 Å². The average Bonchev–Trinajstić information content (AvgIpc) is 2.82. The molecule has 1 aromatic heterocycles. The van der Waals surface area contributed by atoms with Gasteiger partial charge >= 0.3 is 0 Å². The molecule has 0 aliphatic carbocycles. The number of ether oxygens (including phenoxy) is 1. The second-order valence-electron chi connectivity index (χ2n) is 8.82. The largest absolute Gasteiger partial charge is 0.497 e. The molecule has 0 atom stereocenters. The van der Waals surface area contributed by atoms with E-state index in [2.05, 4.69) is 51.1 Å². The van der Waals surface area contributed by atoms with Crippen molar-refractivity contribution in [1.82, 2.24) is 14.9 Å². The molecule has 4 rings (SSSR count). The molecule has 2 aromatic carbocycles. The molecule has 1 aliphatic rings. The highest BCUT2D eigenvalue weighted by Gasteiger charge is 2.14. The monoisotopic (exact) mass is 444 g/mol. The van der Waals surface area contributed by atoms with Crippen molar-refractivity contribution in [3.05, 3.63) is 82.9 Å². The molecule has 1 aliphatic heterocycles. The van der Waals surface area contributed by atoms with Crippen molar-refractivity contribution in [3.8, 4) is 5.75 Å². The van der Waals surface area contributed by atoms with E-state index in [0.717, 1.165) is 60.9 Å². The van der Waals surface area contributed by atoms with E-state index in [-0.39, 0.29) is 5.78 Å². The maximum Gasteiger partial charge on any atom is 0.143 e. The molecule has 0 amide bonds. The molecule has 6 heteroatoms. The topological polar surface area (TPSA) is 58.6 Å². The molecule has 33 heavy (non-hydrogen) atoms. The van der Waals surface area contributed by atoms with Gasteiger partial charge in [-0.15, -0.1) is 0 Å². The average molecular weight is 445 g/mol. The number of rotatable bonds is 8. The fourth-order valence-electron chi connectivity index (χ4n) is 4.18. The van der Waals surface area contributed by atoms with Gasteiger partial charge in [-0.05, 0) is 61.0 Å². The lowest BCUT2D eigenvalue weighted by molar-refractivity contribution is -0.117. The molecule has 1 fully saturated rings. The number of carbonyl (C=O) groups excluding carboxylic acids is 1. The van der Waals surface area contributed by atoms with Gasteiger partial charge in [0, 0.05) is 56.8 Å². The number of aromatic nitrogens is 2. The zero-order valence-corrected chi connectivity index (χ0v) is 19.8. The number of nitrogens with zero attached hydrogens (tertiary/aromatic N) is 4. The summed E-state index contributed by atoms with van der Waals surface area (Å²) in [6.07, 6.45) is 2.96. The van der Waals surface area contributed by atoms with Crippen LogP contribution in [-0.2, 0) is 24.1 Å². The smallest absolute Gasteiger partial charge is 0.143 e. The van der Waals surface area contributed by atoms with Crippen molar-refractivity contribution < 1.29 is 9.53 Å². The number of piperazine rings is 1. The third-order valence-electron chi connectivity index (χ3n) is 6.29. The lowest BCUT2D eigenvalue weighted by atomic mass is 10.0. The van der Waals surface area contributed by atoms with Crippen LogP contribution in [0.1, 0.15) is 28.1 Å². The molecular weight excluding hydrogens is 412 g/mol. The predicted molar refractivity (Wildman–Crippen MR) is 131 cm³/mol. The Morgan fingerprint density at radius 3 is 2.39 bits per heavy atom. The number of anilines is 1. The van der Waals surface area contributed by atoms with E-state index in [1.165, 1.54) is 11.3 Å². The Bertz CT molecular complexity index is 1090. The van der Waals surface area contributed by atoms with Crippen LogP contribution in [0.25, 0.3) is 0 Å². The van der Waals surface area contributed by atoms with Gasteiger partial charge in [0.05, 0.1) is 12.8 Å². The zero-order valence-electron chi connectivity index (χ0n) is 19.8. The standard InChI is InChI=1S/C27H32N4O2/c1-20-4-9-27(33-3)16-22(20)15-26(32)18-24-17-23(28-19-29-24)14-21-5-7-25(8-6-21)31-12-10-30(2)11-13-31/h4-9,16-17,19H,10-15,18H2,1-3H3. The van der Waals surface area contributed by atoms with Crippen LogP contribution < -0.4 is 9.64 Å². The van der Waals surface area contributed by atoms with Crippen molar-refractivity contribution in [2.45, 2.75) is 26.2 Å². The SMILES string of the molecule is COc1ccc(C)c(CC(=O)Cc2cc(Cc3ccc(N4CCN(C)CC4)cc3)ncn2)c1. The predicted octanol–water partition coefficient (Wildman–Crippen LogP) is 3.49. The third kappa shape index (κ3) is 6.17. The van der Waals surface area contributed by atoms with Gasteiger partial charge in [0.15, 0.2) is 0 Å². The second kappa shape index (κ2) is 10.6. The van der Waals surface area contributed by atoms with Crippen LogP contribution in [0.2, 0.25) is 0 Å². The van der Waals surface area contributed by atoms with Crippen molar-refractivity contribution in [3.63, 3.8) is 0 Å².